The average molecular weight is 147 g/mol. The first kappa shape index (κ1) is 6.71. The van der Waals surface area contributed by atoms with Crippen molar-refractivity contribution in [3.63, 3.8) is 0 Å². The summed E-state index contributed by atoms with van der Waals surface area (Å²) < 4.78 is 0. The Morgan fingerprint density at radius 3 is 2.64 bits per heavy atom. The second kappa shape index (κ2) is 2.00. The zero-order valence-electron chi connectivity index (χ0n) is 7.23. The van der Waals surface area contributed by atoms with Crippen LogP contribution in [0.25, 0.3) is 0 Å². The summed E-state index contributed by atoms with van der Waals surface area (Å²) in [5, 5.41) is 3.25. The lowest BCUT2D eigenvalue weighted by Crippen LogP contribution is -1.88. The van der Waals surface area contributed by atoms with Gasteiger partial charge in [-0.1, -0.05) is 19.9 Å². The van der Waals surface area contributed by atoms with Crippen LogP contribution in [0.5, 0.6) is 0 Å². The molecule has 1 N–H and O–H groups in total. The fraction of sp³-hybridized carbons (Fsp3) is 0.400. The van der Waals surface area contributed by atoms with Gasteiger partial charge in [0.05, 0.1) is 11.4 Å². The molecule has 0 atom stereocenters. The molecule has 1 heteroatoms. The lowest BCUT2D eigenvalue weighted by molar-refractivity contribution is 0.859. The van der Waals surface area contributed by atoms with Crippen LogP contribution in [0, 0.1) is 6.92 Å². The Balaban J connectivity index is 2.51. The fourth-order valence-corrected chi connectivity index (χ4v) is 1.59. The summed E-state index contributed by atoms with van der Waals surface area (Å²) in [6, 6.07) is 4.39. The van der Waals surface area contributed by atoms with Crippen molar-refractivity contribution in [2.75, 3.05) is 5.32 Å². The molecule has 0 aliphatic carbocycles. The Bertz CT molecular complexity index is 300. The van der Waals surface area contributed by atoms with E-state index in [1.165, 1.54) is 22.5 Å². The van der Waals surface area contributed by atoms with Gasteiger partial charge in [-0.2, -0.15) is 0 Å². The molecule has 0 saturated heterocycles. The van der Waals surface area contributed by atoms with Crippen LogP contribution in [0.2, 0.25) is 0 Å². The third-order valence-corrected chi connectivity index (χ3v) is 2.33. The van der Waals surface area contributed by atoms with E-state index in [4.69, 9.17) is 0 Å². The van der Waals surface area contributed by atoms with Gasteiger partial charge in [-0.3, -0.25) is 0 Å². The van der Waals surface area contributed by atoms with Gasteiger partial charge in [0.2, 0.25) is 0 Å². The molecule has 11 heavy (non-hydrogen) atoms. The number of benzene rings is 1. The molecule has 0 unspecified atom stereocenters. The normalized spacial score (nSPS) is 12.7. The minimum absolute atomic E-state index is 0.641. The Labute approximate surface area is 67.4 Å². The molecule has 0 spiro atoms. The molecule has 58 valence electrons. The van der Waals surface area contributed by atoms with Crippen LogP contribution < -0.4 is 5.32 Å². The van der Waals surface area contributed by atoms with Crippen LogP contribution in [0.1, 0.15) is 30.9 Å². The van der Waals surface area contributed by atoms with Crippen molar-refractivity contribution in [1.82, 2.24) is 0 Å². The molecular formula is C10H13N. The van der Waals surface area contributed by atoms with Crippen molar-refractivity contribution in [3.8, 4) is 0 Å². The molecule has 0 saturated carbocycles. The largest absolute Gasteiger partial charge is 0.352 e. The molecule has 0 radical (unpaired) electrons. The average Bonchev–Trinajstić information content (AvgIpc) is 2.66. The van der Waals surface area contributed by atoms with E-state index in [-0.39, 0.29) is 0 Å². The first-order valence-electron chi connectivity index (χ1n) is 4.10. The number of rotatable bonds is 1. The third kappa shape index (κ3) is 0.917. The predicted octanol–water partition coefficient (Wildman–Crippen LogP) is 3.18. The van der Waals surface area contributed by atoms with Crippen molar-refractivity contribution in [2.24, 2.45) is 0 Å². The molecule has 0 amide bonds. The maximum atomic E-state index is 3.25. The van der Waals surface area contributed by atoms with E-state index in [0.717, 1.165) is 0 Å². The summed E-state index contributed by atoms with van der Waals surface area (Å²) in [5.74, 6) is 0.641. The molecule has 1 nitrogen and oxygen atoms in total. The van der Waals surface area contributed by atoms with E-state index in [1.54, 1.807) is 0 Å². The number of fused-ring (bicyclic) bond motifs is 1. The van der Waals surface area contributed by atoms with E-state index in [2.05, 4.69) is 38.2 Å². The zero-order valence-corrected chi connectivity index (χ0v) is 7.23. The molecule has 2 rings (SSSR count). The fourth-order valence-electron chi connectivity index (χ4n) is 1.59. The SMILES string of the molecule is Cc1c(C(C)C)ccc2c1N2. The Morgan fingerprint density at radius 2 is 2.00 bits per heavy atom. The number of nitrogens with one attached hydrogen (secondary N) is 1. The summed E-state index contributed by atoms with van der Waals surface area (Å²) in [6.45, 7) is 6.66. The van der Waals surface area contributed by atoms with Gasteiger partial charge in [-0.25, -0.2) is 0 Å². The highest BCUT2D eigenvalue weighted by atomic mass is 15.0. The van der Waals surface area contributed by atoms with Gasteiger partial charge in [0.15, 0.2) is 0 Å². The van der Waals surface area contributed by atoms with Crippen molar-refractivity contribution < 1.29 is 0 Å². The standard InChI is InChI=1S/C10H13N/c1-6(2)8-4-5-9-10(11-9)7(8)3/h4-6,11H,1-3H3. The Morgan fingerprint density at radius 1 is 1.27 bits per heavy atom. The van der Waals surface area contributed by atoms with E-state index in [1.807, 2.05) is 0 Å². The minimum atomic E-state index is 0.641. The van der Waals surface area contributed by atoms with Gasteiger partial charge in [0, 0.05) is 0 Å². The van der Waals surface area contributed by atoms with Crippen LogP contribution >= 0.6 is 0 Å². The third-order valence-electron chi connectivity index (χ3n) is 2.33. The number of hydrogen-bond acceptors (Lipinski definition) is 1. The van der Waals surface area contributed by atoms with Gasteiger partial charge < -0.3 is 5.32 Å². The molecule has 1 aliphatic heterocycles. The van der Waals surface area contributed by atoms with Crippen LogP contribution in [0.3, 0.4) is 0 Å². The van der Waals surface area contributed by atoms with E-state index in [9.17, 15) is 0 Å². The van der Waals surface area contributed by atoms with Crippen LogP contribution in [-0.4, -0.2) is 0 Å². The monoisotopic (exact) mass is 147 g/mol. The highest BCUT2D eigenvalue weighted by Crippen LogP contribution is 2.44. The molecule has 1 heterocycles. The smallest absolute Gasteiger partial charge is 0.0656 e. The van der Waals surface area contributed by atoms with Crippen LogP contribution in [0.4, 0.5) is 11.4 Å². The molecule has 1 aliphatic rings. The quantitative estimate of drug-likeness (QED) is 0.615. The molecule has 0 aromatic heterocycles. The van der Waals surface area contributed by atoms with Gasteiger partial charge in [-0.05, 0) is 30.0 Å². The van der Waals surface area contributed by atoms with Crippen molar-refractivity contribution in [1.29, 1.82) is 0 Å². The summed E-state index contributed by atoms with van der Waals surface area (Å²) >= 11 is 0. The highest BCUT2D eigenvalue weighted by molar-refractivity contribution is 5.93. The summed E-state index contributed by atoms with van der Waals surface area (Å²) in [5.41, 5.74) is 5.56. The minimum Gasteiger partial charge on any atom is -0.352 e. The summed E-state index contributed by atoms with van der Waals surface area (Å²) in [6.07, 6.45) is 0. The Kier molecular flexibility index (Phi) is 1.22. The van der Waals surface area contributed by atoms with Gasteiger partial charge in [-0.15, -0.1) is 0 Å². The van der Waals surface area contributed by atoms with Crippen LogP contribution in [-0.2, 0) is 0 Å². The van der Waals surface area contributed by atoms with Crippen LogP contribution in [0.15, 0.2) is 12.1 Å². The zero-order chi connectivity index (χ0) is 8.01. The maximum absolute atomic E-state index is 3.25. The van der Waals surface area contributed by atoms with Gasteiger partial charge in [0.1, 0.15) is 0 Å². The van der Waals surface area contributed by atoms with Gasteiger partial charge >= 0.3 is 0 Å². The lowest BCUT2D eigenvalue weighted by atomic mass is 9.98. The summed E-state index contributed by atoms with van der Waals surface area (Å²) in [7, 11) is 0. The molecular weight excluding hydrogens is 134 g/mol. The lowest BCUT2D eigenvalue weighted by Gasteiger charge is -2.06. The first-order valence-corrected chi connectivity index (χ1v) is 4.10. The maximum Gasteiger partial charge on any atom is 0.0656 e. The molecule has 0 fully saturated rings. The molecule has 1 aromatic carbocycles. The highest BCUT2D eigenvalue weighted by Gasteiger charge is 2.20. The predicted molar refractivity (Wildman–Crippen MR) is 48.6 cm³/mol. The Hall–Kier alpha value is -0.980. The van der Waals surface area contributed by atoms with E-state index >= 15 is 0 Å². The van der Waals surface area contributed by atoms with Crippen molar-refractivity contribution in [3.05, 3.63) is 23.3 Å². The second-order valence-electron chi connectivity index (χ2n) is 3.48. The van der Waals surface area contributed by atoms with Crippen molar-refractivity contribution in [2.45, 2.75) is 26.7 Å². The van der Waals surface area contributed by atoms with E-state index in [0.29, 0.717) is 5.92 Å². The topological polar surface area (TPSA) is 21.9 Å². The van der Waals surface area contributed by atoms with Crippen molar-refractivity contribution >= 4 is 11.4 Å². The van der Waals surface area contributed by atoms with E-state index < -0.39 is 0 Å². The molecule has 0 bridgehead atoms. The van der Waals surface area contributed by atoms with Gasteiger partial charge in [0.25, 0.3) is 0 Å². The first-order chi connectivity index (χ1) is 5.20. The summed E-state index contributed by atoms with van der Waals surface area (Å²) in [4.78, 5) is 0. The second-order valence-corrected chi connectivity index (χ2v) is 3.48. The number of anilines is 2. The molecule has 1 aromatic rings. The number of hydrogen-bond donors (Lipinski definition) is 1.